The van der Waals surface area contributed by atoms with Crippen molar-refractivity contribution < 1.29 is 14.7 Å². The third-order valence-electron chi connectivity index (χ3n) is 5.55. The van der Waals surface area contributed by atoms with Gasteiger partial charge in [-0.2, -0.15) is 5.10 Å². The van der Waals surface area contributed by atoms with E-state index in [1.54, 1.807) is 46.5 Å². The molecule has 1 aromatic carbocycles. The summed E-state index contributed by atoms with van der Waals surface area (Å²) in [4.78, 5) is 33.4. The number of H-pyrrole nitrogens is 1. The van der Waals surface area contributed by atoms with Crippen LogP contribution in [0.3, 0.4) is 0 Å². The maximum atomic E-state index is 12.9. The van der Waals surface area contributed by atoms with Crippen LogP contribution in [-0.4, -0.2) is 67.8 Å². The monoisotopic (exact) mass is 422 g/mol. The number of carbonyl (C=O) groups is 2. The Labute approximate surface area is 180 Å². The summed E-state index contributed by atoms with van der Waals surface area (Å²) < 4.78 is 0. The molecule has 0 fully saturated rings. The lowest BCUT2D eigenvalue weighted by Gasteiger charge is -2.29. The SMILES string of the molecule is CC(C)N(CCO)C(=O)c1cccc(NC(=O)N2CCc3c(cnc4[nH]ncc34)C2)c1. The topological polar surface area (TPSA) is 114 Å². The number of aliphatic hydroxyl groups is 1. The number of aromatic nitrogens is 3. The molecule has 1 aliphatic rings. The van der Waals surface area contributed by atoms with Crippen LogP contribution in [0.15, 0.2) is 36.7 Å². The number of nitrogens with one attached hydrogen (secondary N) is 2. The van der Waals surface area contributed by atoms with Gasteiger partial charge in [0, 0.05) is 48.5 Å². The van der Waals surface area contributed by atoms with Gasteiger partial charge in [-0.3, -0.25) is 9.89 Å². The largest absolute Gasteiger partial charge is 0.395 e. The van der Waals surface area contributed by atoms with Crippen LogP contribution in [-0.2, 0) is 13.0 Å². The molecule has 9 heteroatoms. The third-order valence-corrected chi connectivity index (χ3v) is 5.55. The minimum absolute atomic E-state index is 0.0402. The molecule has 0 atom stereocenters. The molecule has 2 aromatic heterocycles. The highest BCUT2D eigenvalue weighted by atomic mass is 16.3. The number of aromatic amines is 1. The quantitative estimate of drug-likeness (QED) is 0.584. The molecule has 9 nitrogen and oxygen atoms in total. The minimum atomic E-state index is -0.224. The van der Waals surface area contributed by atoms with E-state index in [9.17, 15) is 14.7 Å². The number of urea groups is 1. The van der Waals surface area contributed by atoms with Gasteiger partial charge < -0.3 is 20.2 Å². The van der Waals surface area contributed by atoms with Crippen LogP contribution in [0.25, 0.3) is 11.0 Å². The summed E-state index contributed by atoms with van der Waals surface area (Å²) in [6.07, 6.45) is 4.29. The van der Waals surface area contributed by atoms with Crippen LogP contribution in [0.1, 0.15) is 35.3 Å². The normalized spacial score (nSPS) is 13.4. The zero-order valence-corrected chi connectivity index (χ0v) is 17.6. The summed E-state index contributed by atoms with van der Waals surface area (Å²) in [6.45, 7) is 5.01. The molecule has 0 spiro atoms. The van der Waals surface area contributed by atoms with Crippen LogP contribution < -0.4 is 5.32 Å². The van der Waals surface area contributed by atoms with E-state index in [4.69, 9.17) is 0 Å². The fourth-order valence-electron chi connectivity index (χ4n) is 3.93. The summed E-state index contributed by atoms with van der Waals surface area (Å²) in [5, 5.41) is 20.1. The molecule has 0 bridgehead atoms. The smallest absolute Gasteiger partial charge is 0.322 e. The van der Waals surface area contributed by atoms with E-state index < -0.39 is 0 Å². The third kappa shape index (κ3) is 4.22. The first-order valence-corrected chi connectivity index (χ1v) is 10.4. The van der Waals surface area contributed by atoms with Gasteiger partial charge in [0.15, 0.2) is 5.65 Å². The Morgan fingerprint density at radius 2 is 2.16 bits per heavy atom. The second kappa shape index (κ2) is 8.73. The van der Waals surface area contributed by atoms with Crippen molar-refractivity contribution in [2.45, 2.75) is 32.9 Å². The number of fused-ring (bicyclic) bond motifs is 3. The first-order chi connectivity index (χ1) is 15.0. The van der Waals surface area contributed by atoms with Crippen LogP contribution >= 0.6 is 0 Å². The molecule has 0 saturated carbocycles. The van der Waals surface area contributed by atoms with Gasteiger partial charge in [0.1, 0.15) is 0 Å². The van der Waals surface area contributed by atoms with Crippen LogP contribution in [0.4, 0.5) is 10.5 Å². The number of aliphatic hydroxyl groups excluding tert-OH is 1. The van der Waals surface area contributed by atoms with Crippen molar-refractivity contribution in [1.82, 2.24) is 25.0 Å². The number of hydrogen-bond acceptors (Lipinski definition) is 5. The van der Waals surface area contributed by atoms with Crippen molar-refractivity contribution in [3.05, 3.63) is 53.3 Å². The second-order valence-corrected chi connectivity index (χ2v) is 7.89. The number of amides is 3. The Bertz CT molecular complexity index is 1110. The summed E-state index contributed by atoms with van der Waals surface area (Å²) in [5.41, 5.74) is 3.96. The lowest BCUT2D eigenvalue weighted by molar-refractivity contribution is 0.0665. The van der Waals surface area contributed by atoms with Gasteiger partial charge in [-0.25, -0.2) is 9.78 Å². The Balaban J connectivity index is 1.46. The highest BCUT2D eigenvalue weighted by molar-refractivity contribution is 5.97. The molecule has 0 unspecified atom stereocenters. The van der Waals surface area contributed by atoms with E-state index in [0.717, 1.165) is 23.0 Å². The average molecular weight is 422 g/mol. The van der Waals surface area contributed by atoms with Gasteiger partial charge in [0.05, 0.1) is 12.8 Å². The van der Waals surface area contributed by atoms with Crippen molar-refractivity contribution >= 4 is 28.7 Å². The van der Waals surface area contributed by atoms with Crippen molar-refractivity contribution in [1.29, 1.82) is 0 Å². The Morgan fingerprint density at radius 1 is 1.32 bits per heavy atom. The van der Waals surface area contributed by atoms with Crippen LogP contribution in [0.5, 0.6) is 0 Å². The zero-order chi connectivity index (χ0) is 22.0. The molecular weight excluding hydrogens is 396 g/mol. The van der Waals surface area contributed by atoms with Gasteiger partial charge in [-0.15, -0.1) is 0 Å². The van der Waals surface area contributed by atoms with Crippen molar-refractivity contribution in [3.8, 4) is 0 Å². The van der Waals surface area contributed by atoms with E-state index in [-0.39, 0.29) is 31.1 Å². The minimum Gasteiger partial charge on any atom is -0.395 e. The predicted molar refractivity (Wildman–Crippen MR) is 117 cm³/mol. The van der Waals surface area contributed by atoms with E-state index in [1.165, 1.54) is 5.56 Å². The molecular formula is C22H26N6O3. The standard InChI is InChI=1S/C22H26N6O3/c1-14(2)28(8-9-29)21(30)15-4-3-5-17(10-15)25-22(31)27-7-6-18-16(13-27)11-23-20-19(18)12-24-26-20/h3-5,10-12,14,29H,6-9,13H2,1-2H3,(H,25,31)(H,23,24,26). The van der Waals surface area contributed by atoms with Crippen molar-refractivity contribution in [3.63, 3.8) is 0 Å². The molecule has 0 aliphatic carbocycles. The number of anilines is 1. The van der Waals surface area contributed by atoms with E-state index in [1.807, 2.05) is 13.8 Å². The number of pyridine rings is 1. The predicted octanol–water partition coefficient (Wildman–Crippen LogP) is 2.39. The first-order valence-electron chi connectivity index (χ1n) is 10.4. The van der Waals surface area contributed by atoms with E-state index in [0.29, 0.717) is 24.3 Å². The number of nitrogens with zero attached hydrogens (tertiary/aromatic N) is 4. The highest BCUT2D eigenvalue weighted by Crippen LogP contribution is 2.25. The molecule has 3 heterocycles. The van der Waals surface area contributed by atoms with Gasteiger partial charge in [-0.1, -0.05) is 6.07 Å². The number of rotatable bonds is 5. The Morgan fingerprint density at radius 3 is 2.94 bits per heavy atom. The fraction of sp³-hybridized carbons (Fsp3) is 0.364. The van der Waals surface area contributed by atoms with Crippen molar-refractivity contribution in [2.75, 3.05) is 25.0 Å². The number of carbonyl (C=O) groups excluding carboxylic acids is 2. The molecule has 4 rings (SSSR count). The maximum absolute atomic E-state index is 12.9. The zero-order valence-electron chi connectivity index (χ0n) is 17.6. The van der Waals surface area contributed by atoms with Gasteiger partial charge >= 0.3 is 6.03 Å². The highest BCUT2D eigenvalue weighted by Gasteiger charge is 2.24. The molecule has 1 aliphatic heterocycles. The summed E-state index contributed by atoms with van der Waals surface area (Å²) in [7, 11) is 0. The Hall–Kier alpha value is -3.46. The van der Waals surface area contributed by atoms with Gasteiger partial charge in [0.25, 0.3) is 5.91 Å². The molecule has 31 heavy (non-hydrogen) atoms. The number of hydrogen-bond donors (Lipinski definition) is 3. The second-order valence-electron chi connectivity index (χ2n) is 7.89. The summed E-state index contributed by atoms with van der Waals surface area (Å²) in [5.74, 6) is -0.178. The van der Waals surface area contributed by atoms with Crippen molar-refractivity contribution in [2.24, 2.45) is 0 Å². The molecule has 162 valence electrons. The Kier molecular flexibility index (Phi) is 5.85. The summed E-state index contributed by atoms with van der Waals surface area (Å²) >= 11 is 0. The lowest BCUT2D eigenvalue weighted by Crippen LogP contribution is -2.39. The first kappa shape index (κ1) is 20.8. The number of benzene rings is 1. The van der Waals surface area contributed by atoms with E-state index >= 15 is 0 Å². The molecule has 3 N–H and O–H groups in total. The molecule has 0 saturated heterocycles. The molecule has 3 aromatic rings. The molecule has 0 radical (unpaired) electrons. The lowest BCUT2D eigenvalue weighted by atomic mass is 9.99. The van der Waals surface area contributed by atoms with E-state index in [2.05, 4.69) is 20.5 Å². The maximum Gasteiger partial charge on any atom is 0.322 e. The summed E-state index contributed by atoms with van der Waals surface area (Å²) in [6, 6.07) is 6.62. The van der Waals surface area contributed by atoms with Gasteiger partial charge in [-0.05, 0) is 49.6 Å². The fourth-order valence-corrected chi connectivity index (χ4v) is 3.93. The van der Waals surface area contributed by atoms with Crippen LogP contribution in [0.2, 0.25) is 0 Å². The van der Waals surface area contributed by atoms with Crippen LogP contribution in [0, 0.1) is 0 Å². The van der Waals surface area contributed by atoms with Gasteiger partial charge in [0.2, 0.25) is 0 Å². The average Bonchev–Trinajstić information content (AvgIpc) is 3.26. The molecule has 3 amide bonds.